The molecule has 7 nitrogen and oxygen atoms in total. The van der Waals surface area contributed by atoms with Crippen molar-refractivity contribution in [3.8, 4) is 0 Å². The van der Waals surface area contributed by atoms with Crippen molar-refractivity contribution in [2.24, 2.45) is 0 Å². The first-order valence-corrected chi connectivity index (χ1v) is 7.54. The van der Waals surface area contributed by atoms with Gasteiger partial charge in [-0.3, -0.25) is 14.4 Å². The monoisotopic (exact) mass is 309 g/mol. The van der Waals surface area contributed by atoms with Gasteiger partial charge in [0.05, 0.1) is 18.0 Å². The third-order valence-corrected chi connectivity index (χ3v) is 4.64. The summed E-state index contributed by atoms with van der Waals surface area (Å²) in [5.41, 5.74) is 0. The van der Waals surface area contributed by atoms with Crippen molar-refractivity contribution in [3.63, 3.8) is 0 Å². The number of hydrogen-bond acceptors (Lipinski definition) is 5. The number of carbonyl (C=O) groups excluding carboxylic acids is 3. The van der Waals surface area contributed by atoms with Crippen LogP contribution >= 0.6 is 11.3 Å². The largest absolute Gasteiger partial charge is 0.394 e. The minimum Gasteiger partial charge on any atom is -0.394 e. The molecular weight excluding hydrogens is 294 g/mol. The van der Waals surface area contributed by atoms with Crippen molar-refractivity contribution in [3.05, 3.63) is 22.4 Å². The van der Waals surface area contributed by atoms with Crippen LogP contribution in [0.1, 0.15) is 9.67 Å². The van der Waals surface area contributed by atoms with Crippen molar-refractivity contribution < 1.29 is 19.5 Å². The maximum atomic E-state index is 12.3. The average molecular weight is 309 g/mol. The number of rotatable bonds is 2. The van der Waals surface area contributed by atoms with E-state index in [1.807, 2.05) is 5.38 Å². The van der Waals surface area contributed by atoms with Gasteiger partial charge in [-0.2, -0.15) is 0 Å². The molecule has 3 heterocycles. The summed E-state index contributed by atoms with van der Waals surface area (Å²) in [6.07, 6.45) is 0. The van der Waals surface area contributed by atoms with Crippen LogP contribution in [0, 0.1) is 0 Å². The highest BCUT2D eigenvalue weighted by Gasteiger charge is 2.44. The zero-order valence-corrected chi connectivity index (χ0v) is 12.0. The minimum atomic E-state index is -0.867. The molecule has 0 unspecified atom stereocenters. The highest BCUT2D eigenvalue weighted by molar-refractivity contribution is 7.12. The Hall–Kier alpha value is -1.93. The Balaban J connectivity index is 1.75. The van der Waals surface area contributed by atoms with Crippen molar-refractivity contribution >= 4 is 29.1 Å². The van der Waals surface area contributed by atoms with Crippen LogP contribution in [0.2, 0.25) is 0 Å². The fraction of sp³-hybridized carbons (Fsp3) is 0.462. The number of hydrogen-bond donors (Lipinski definition) is 2. The van der Waals surface area contributed by atoms with Crippen molar-refractivity contribution in [1.29, 1.82) is 0 Å². The number of aliphatic hydroxyl groups is 1. The van der Waals surface area contributed by atoms with E-state index >= 15 is 0 Å². The van der Waals surface area contributed by atoms with Gasteiger partial charge in [-0.05, 0) is 11.4 Å². The van der Waals surface area contributed by atoms with Gasteiger partial charge in [0.2, 0.25) is 11.8 Å². The molecule has 2 fully saturated rings. The van der Waals surface area contributed by atoms with Gasteiger partial charge >= 0.3 is 0 Å². The number of nitrogens with zero attached hydrogens (tertiary/aromatic N) is 2. The second-order valence-electron chi connectivity index (χ2n) is 5.02. The smallest absolute Gasteiger partial charge is 0.264 e. The van der Waals surface area contributed by atoms with Gasteiger partial charge in [0.15, 0.2) is 0 Å². The Morgan fingerprint density at radius 3 is 2.90 bits per heavy atom. The predicted octanol–water partition coefficient (Wildman–Crippen LogP) is -1.11. The molecule has 1 aromatic rings. The summed E-state index contributed by atoms with van der Waals surface area (Å²) >= 11 is 1.35. The number of aliphatic hydroxyl groups excluding tert-OH is 1. The molecule has 1 aromatic heterocycles. The number of piperazine rings is 2. The van der Waals surface area contributed by atoms with E-state index in [2.05, 4.69) is 5.32 Å². The molecule has 0 bridgehead atoms. The van der Waals surface area contributed by atoms with E-state index in [9.17, 15) is 14.4 Å². The standard InChI is InChI=1S/C13H15N3O4S/c17-7-8-12(19)16-4-3-15(6-9(16)11(18)14-8)13(20)10-2-1-5-21-10/h1-2,5,8-9,17H,3-4,6-7H2,(H,14,18)/t8-,9+/m0/s1. The Kier molecular flexibility index (Phi) is 3.64. The van der Waals surface area contributed by atoms with Crippen LogP contribution in [0.3, 0.4) is 0 Å². The molecule has 2 N–H and O–H groups in total. The molecule has 0 saturated carbocycles. The number of fused-ring (bicyclic) bond motifs is 1. The van der Waals surface area contributed by atoms with Crippen LogP contribution in [0.25, 0.3) is 0 Å². The number of thiophene rings is 1. The fourth-order valence-electron chi connectivity index (χ4n) is 2.67. The molecule has 0 aromatic carbocycles. The van der Waals surface area contributed by atoms with Crippen LogP contribution < -0.4 is 5.32 Å². The highest BCUT2D eigenvalue weighted by atomic mass is 32.1. The molecule has 0 spiro atoms. The molecule has 112 valence electrons. The SMILES string of the molecule is O=C1N[C@@H](CO)C(=O)N2CCN(C(=O)c3cccs3)C[C@H]12. The maximum absolute atomic E-state index is 12.3. The van der Waals surface area contributed by atoms with Gasteiger partial charge in [0, 0.05) is 13.1 Å². The first-order valence-electron chi connectivity index (χ1n) is 6.66. The average Bonchev–Trinajstić information content (AvgIpc) is 3.04. The molecule has 8 heteroatoms. The summed E-state index contributed by atoms with van der Waals surface area (Å²) in [4.78, 5) is 40.1. The molecule has 3 amide bonds. The Morgan fingerprint density at radius 1 is 1.43 bits per heavy atom. The van der Waals surface area contributed by atoms with E-state index in [4.69, 9.17) is 5.11 Å². The molecule has 21 heavy (non-hydrogen) atoms. The quantitative estimate of drug-likeness (QED) is 0.725. The summed E-state index contributed by atoms with van der Waals surface area (Å²) in [6.45, 7) is 0.479. The van der Waals surface area contributed by atoms with Gasteiger partial charge in [-0.15, -0.1) is 11.3 Å². The second-order valence-corrected chi connectivity index (χ2v) is 5.97. The fourth-order valence-corrected chi connectivity index (χ4v) is 3.36. The Morgan fingerprint density at radius 2 is 2.24 bits per heavy atom. The van der Waals surface area contributed by atoms with E-state index in [1.165, 1.54) is 16.2 Å². The number of nitrogens with one attached hydrogen (secondary N) is 1. The molecule has 3 rings (SSSR count). The lowest BCUT2D eigenvalue weighted by Gasteiger charge is -2.44. The normalized spacial score (nSPS) is 25.6. The second kappa shape index (κ2) is 5.45. The lowest BCUT2D eigenvalue weighted by Crippen LogP contribution is -2.70. The van der Waals surface area contributed by atoms with E-state index < -0.39 is 18.7 Å². The van der Waals surface area contributed by atoms with Crippen LogP contribution in [-0.2, 0) is 9.59 Å². The van der Waals surface area contributed by atoms with Gasteiger partial charge < -0.3 is 20.2 Å². The molecule has 2 saturated heterocycles. The van der Waals surface area contributed by atoms with E-state index in [1.54, 1.807) is 17.0 Å². The van der Waals surface area contributed by atoms with Crippen molar-refractivity contribution in [2.75, 3.05) is 26.2 Å². The van der Waals surface area contributed by atoms with E-state index in [-0.39, 0.29) is 24.3 Å². The summed E-state index contributed by atoms with van der Waals surface area (Å²) < 4.78 is 0. The molecule has 2 atom stereocenters. The zero-order valence-electron chi connectivity index (χ0n) is 11.2. The first-order chi connectivity index (χ1) is 10.1. The predicted molar refractivity (Wildman–Crippen MR) is 74.7 cm³/mol. The van der Waals surface area contributed by atoms with Crippen molar-refractivity contribution in [1.82, 2.24) is 15.1 Å². The lowest BCUT2D eigenvalue weighted by molar-refractivity contribution is -0.153. The first kappa shape index (κ1) is 14.0. The van der Waals surface area contributed by atoms with Crippen LogP contribution in [0.15, 0.2) is 17.5 Å². The highest BCUT2D eigenvalue weighted by Crippen LogP contribution is 2.19. The minimum absolute atomic E-state index is 0.116. The molecule has 2 aliphatic rings. The zero-order chi connectivity index (χ0) is 15.0. The third-order valence-electron chi connectivity index (χ3n) is 3.78. The Bertz CT molecular complexity index is 574. The van der Waals surface area contributed by atoms with Gasteiger partial charge in [0.1, 0.15) is 12.1 Å². The molecule has 2 aliphatic heterocycles. The lowest BCUT2D eigenvalue weighted by atomic mass is 10.0. The van der Waals surface area contributed by atoms with Crippen molar-refractivity contribution in [2.45, 2.75) is 12.1 Å². The van der Waals surface area contributed by atoms with E-state index in [0.717, 1.165) is 0 Å². The Labute approximate surface area is 125 Å². The third kappa shape index (κ3) is 2.40. The maximum Gasteiger partial charge on any atom is 0.264 e. The van der Waals surface area contributed by atoms with Gasteiger partial charge in [0.25, 0.3) is 5.91 Å². The summed E-state index contributed by atoms with van der Waals surface area (Å²) in [5.74, 6) is -0.725. The van der Waals surface area contributed by atoms with Gasteiger partial charge in [-0.1, -0.05) is 6.07 Å². The number of amides is 3. The van der Waals surface area contributed by atoms with Crippen LogP contribution in [-0.4, -0.2) is 71.0 Å². The number of carbonyl (C=O) groups is 3. The van der Waals surface area contributed by atoms with Crippen LogP contribution in [0.4, 0.5) is 0 Å². The summed E-state index contributed by atoms with van der Waals surface area (Å²) in [5, 5.41) is 13.4. The molecule has 0 radical (unpaired) electrons. The molecular formula is C13H15N3O4S. The molecule has 0 aliphatic carbocycles. The van der Waals surface area contributed by atoms with Crippen LogP contribution in [0.5, 0.6) is 0 Å². The summed E-state index contributed by atoms with van der Waals surface area (Å²) in [7, 11) is 0. The summed E-state index contributed by atoms with van der Waals surface area (Å²) in [6, 6.07) is 2.01. The topological polar surface area (TPSA) is 89.9 Å². The van der Waals surface area contributed by atoms with Gasteiger partial charge in [-0.25, -0.2) is 0 Å². The van der Waals surface area contributed by atoms with E-state index in [0.29, 0.717) is 18.0 Å².